The summed E-state index contributed by atoms with van der Waals surface area (Å²) in [6.45, 7) is 1.04. The third-order valence-corrected chi connectivity index (χ3v) is 3.55. The average molecular weight is 271 g/mol. The first kappa shape index (κ1) is 13.3. The van der Waals surface area contributed by atoms with Gasteiger partial charge >= 0.3 is 0 Å². The van der Waals surface area contributed by atoms with Gasteiger partial charge in [-0.2, -0.15) is 0 Å². The third kappa shape index (κ3) is 2.65. The summed E-state index contributed by atoms with van der Waals surface area (Å²) in [5.74, 6) is -0.851. The molecule has 1 fully saturated rings. The Kier molecular flexibility index (Phi) is 4.19. The number of amides is 1. The summed E-state index contributed by atoms with van der Waals surface area (Å²) >= 11 is 5.81. The van der Waals surface area contributed by atoms with E-state index in [1.807, 2.05) is 0 Å². The first-order chi connectivity index (χ1) is 8.63. The molecule has 2 rings (SSSR count). The van der Waals surface area contributed by atoms with E-state index in [1.54, 1.807) is 4.90 Å². The van der Waals surface area contributed by atoms with E-state index in [9.17, 15) is 9.18 Å². The number of piperidine rings is 1. The van der Waals surface area contributed by atoms with Gasteiger partial charge in [-0.05, 0) is 37.5 Å². The summed E-state index contributed by atoms with van der Waals surface area (Å²) in [5, 5.41) is 0.362. The fraction of sp³-hybridized carbons (Fsp3) is 0.462. The van der Waals surface area contributed by atoms with Crippen molar-refractivity contribution in [1.82, 2.24) is 4.90 Å². The second-order valence-corrected chi connectivity index (χ2v) is 4.94. The van der Waals surface area contributed by atoms with Crippen LogP contribution in [0.3, 0.4) is 0 Å². The number of benzene rings is 1. The molecule has 3 nitrogen and oxygen atoms in total. The average Bonchev–Trinajstić information content (AvgIpc) is 2.40. The minimum absolute atomic E-state index is 0.00429. The zero-order valence-electron chi connectivity index (χ0n) is 10.0. The fourth-order valence-corrected chi connectivity index (χ4v) is 2.50. The zero-order valence-corrected chi connectivity index (χ0v) is 10.8. The van der Waals surface area contributed by atoms with Gasteiger partial charge in [0, 0.05) is 24.2 Å². The Bertz CT molecular complexity index is 453. The molecule has 1 amide bonds. The van der Waals surface area contributed by atoms with E-state index in [0.29, 0.717) is 18.1 Å². The van der Waals surface area contributed by atoms with Crippen molar-refractivity contribution in [2.45, 2.75) is 25.3 Å². The first-order valence-electron chi connectivity index (χ1n) is 6.09. The molecule has 18 heavy (non-hydrogen) atoms. The van der Waals surface area contributed by atoms with Gasteiger partial charge in [-0.1, -0.05) is 11.6 Å². The molecule has 0 bridgehead atoms. The maximum absolute atomic E-state index is 13.7. The van der Waals surface area contributed by atoms with Crippen molar-refractivity contribution in [3.8, 4) is 0 Å². The number of carbonyl (C=O) groups is 1. The minimum atomic E-state index is -0.536. The molecule has 0 aromatic heterocycles. The Morgan fingerprint density at radius 1 is 1.50 bits per heavy atom. The van der Waals surface area contributed by atoms with Gasteiger partial charge < -0.3 is 10.6 Å². The normalized spacial score (nSPS) is 19.9. The lowest BCUT2D eigenvalue weighted by atomic mass is 10.0. The SMILES string of the molecule is NC[C@@H]1CCCCN1C(=O)c1cc(Cl)ccc1F. The maximum Gasteiger partial charge on any atom is 0.257 e. The predicted octanol–water partition coefficient (Wildman–Crippen LogP) is 2.43. The molecule has 1 aromatic rings. The largest absolute Gasteiger partial charge is 0.334 e. The quantitative estimate of drug-likeness (QED) is 0.897. The number of nitrogens with two attached hydrogens (primary N) is 1. The molecule has 0 saturated carbocycles. The van der Waals surface area contributed by atoms with E-state index in [0.717, 1.165) is 19.3 Å². The van der Waals surface area contributed by atoms with Gasteiger partial charge in [-0.3, -0.25) is 4.79 Å². The van der Waals surface area contributed by atoms with E-state index in [-0.39, 0.29) is 17.5 Å². The van der Waals surface area contributed by atoms with Gasteiger partial charge in [-0.15, -0.1) is 0 Å². The van der Waals surface area contributed by atoms with Crippen LogP contribution in [-0.2, 0) is 0 Å². The van der Waals surface area contributed by atoms with E-state index in [1.165, 1.54) is 18.2 Å². The Hall–Kier alpha value is -1.13. The van der Waals surface area contributed by atoms with Crippen LogP contribution >= 0.6 is 11.6 Å². The monoisotopic (exact) mass is 270 g/mol. The van der Waals surface area contributed by atoms with Gasteiger partial charge in [0.1, 0.15) is 5.82 Å². The lowest BCUT2D eigenvalue weighted by molar-refractivity contribution is 0.0618. The van der Waals surface area contributed by atoms with Crippen LogP contribution in [0.5, 0.6) is 0 Å². The van der Waals surface area contributed by atoms with Crippen molar-refractivity contribution in [3.63, 3.8) is 0 Å². The highest BCUT2D eigenvalue weighted by Gasteiger charge is 2.28. The van der Waals surface area contributed by atoms with Crippen molar-refractivity contribution in [2.75, 3.05) is 13.1 Å². The summed E-state index contributed by atoms with van der Waals surface area (Å²) in [7, 11) is 0. The van der Waals surface area contributed by atoms with Gasteiger partial charge in [-0.25, -0.2) is 4.39 Å². The van der Waals surface area contributed by atoms with Crippen LogP contribution < -0.4 is 5.73 Å². The molecule has 1 atom stereocenters. The standard InChI is InChI=1S/C13H16ClFN2O/c14-9-4-5-12(15)11(7-9)13(18)17-6-2-1-3-10(17)8-16/h4-5,7,10H,1-3,6,8,16H2/t10-/m0/s1. The molecule has 1 aliphatic heterocycles. The molecule has 1 aromatic carbocycles. The predicted molar refractivity (Wildman–Crippen MR) is 69.1 cm³/mol. The van der Waals surface area contributed by atoms with Crippen molar-refractivity contribution < 1.29 is 9.18 Å². The molecular weight excluding hydrogens is 255 g/mol. The fourth-order valence-electron chi connectivity index (χ4n) is 2.33. The molecule has 5 heteroatoms. The molecule has 0 aliphatic carbocycles. The molecule has 1 saturated heterocycles. The van der Waals surface area contributed by atoms with Crippen molar-refractivity contribution in [1.29, 1.82) is 0 Å². The smallest absolute Gasteiger partial charge is 0.257 e. The van der Waals surface area contributed by atoms with E-state index >= 15 is 0 Å². The molecule has 0 unspecified atom stereocenters. The van der Waals surface area contributed by atoms with Crippen molar-refractivity contribution in [2.24, 2.45) is 5.73 Å². The number of hydrogen-bond acceptors (Lipinski definition) is 2. The molecule has 1 aliphatic rings. The van der Waals surface area contributed by atoms with Crippen LogP contribution in [0.4, 0.5) is 4.39 Å². The van der Waals surface area contributed by atoms with E-state index in [2.05, 4.69) is 0 Å². The van der Waals surface area contributed by atoms with Crippen LogP contribution in [0.15, 0.2) is 18.2 Å². The van der Waals surface area contributed by atoms with Crippen LogP contribution in [0.25, 0.3) is 0 Å². The van der Waals surface area contributed by atoms with Crippen molar-refractivity contribution >= 4 is 17.5 Å². The van der Waals surface area contributed by atoms with Crippen LogP contribution in [0.2, 0.25) is 5.02 Å². The zero-order chi connectivity index (χ0) is 13.1. The number of likely N-dealkylation sites (tertiary alicyclic amines) is 1. The molecular formula is C13H16ClFN2O. The van der Waals surface area contributed by atoms with Gasteiger partial charge in [0.15, 0.2) is 0 Å². The molecule has 2 N–H and O–H groups in total. The number of rotatable bonds is 2. The summed E-state index contributed by atoms with van der Waals surface area (Å²) in [4.78, 5) is 14.0. The second-order valence-electron chi connectivity index (χ2n) is 4.51. The number of hydrogen-bond donors (Lipinski definition) is 1. The van der Waals surface area contributed by atoms with Gasteiger partial charge in [0.25, 0.3) is 5.91 Å². The Morgan fingerprint density at radius 2 is 2.28 bits per heavy atom. The minimum Gasteiger partial charge on any atom is -0.334 e. The Morgan fingerprint density at radius 3 is 3.00 bits per heavy atom. The van der Waals surface area contributed by atoms with Crippen molar-refractivity contribution in [3.05, 3.63) is 34.6 Å². The van der Waals surface area contributed by atoms with Crippen LogP contribution in [-0.4, -0.2) is 29.9 Å². The van der Waals surface area contributed by atoms with Gasteiger partial charge in [0.2, 0.25) is 0 Å². The highest BCUT2D eigenvalue weighted by molar-refractivity contribution is 6.31. The second kappa shape index (κ2) is 5.67. The van der Waals surface area contributed by atoms with Gasteiger partial charge in [0.05, 0.1) is 5.56 Å². The molecule has 0 radical (unpaired) electrons. The summed E-state index contributed by atoms with van der Waals surface area (Å²) in [5.41, 5.74) is 5.69. The molecule has 98 valence electrons. The lowest BCUT2D eigenvalue weighted by Crippen LogP contribution is -2.47. The Balaban J connectivity index is 2.26. The third-order valence-electron chi connectivity index (χ3n) is 3.32. The van der Waals surface area contributed by atoms with Crippen LogP contribution in [0.1, 0.15) is 29.6 Å². The molecule has 1 heterocycles. The summed E-state index contributed by atoms with van der Waals surface area (Å²) < 4.78 is 13.7. The molecule has 0 spiro atoms. The number of carbonyl (C=O) groups excluding carboxylic acids is 1. The maximum atomic E-state index is 13.7. The highest BCUT2D eigenvalue weighted by Crippen LogP contribution is 2.22. The van der Waals surface area contributed by atoms with E-state index in [4.69, 9.17) is 17.3 Å². The Labute approximate surface area is 111 Å². The first-order valence-corrected chi connectivity index (χ1v) is 6.47. The number of nitrogens with zero attached hydrogens (tertiary/aromatic N) is 1. The summed E-state index contributed by atoms with van der Waals surface area (Å²) in [6.07, 6.45) is 2.87. The van der Waals surface area contributed by atoms with Crippen LogP contribution in [0, 0.1) is 5.82 Å². The summed E-state index contributed by atoms with van der Waals surface area (Å²) in [6, 6.07) is 4.03. The topological polar surface area (TPSA) is 46.3 Å². The lowest BCUT2D eigenvalue weighted by Gasteiger charge is -2.35. The highest BCUT2D eigenvalue weighted by atomic mass is 35.5. The van der Waals surface area contributed by atoms with E-state index < -0.39 is 5.82 Å². The number of halogens is 2.